The predicted octanol–water partition coefficient (Wildman–Crippen LogP) is 2.62. The van der Waals surface area contributed by atoms with Crippen LogP contribution in [0.4, 0.5) is 5.82 Å². The monoisotopic (exact) mass is 321 g/mol. The molecule has 1 fully saturated rings. The van der Waals surface area contributed by atoms with E-state index in [1.54, 1.807) is 0 Å². The van der Waals surface area contributed by atoms with Crippen LogP contribution in [0.15, 0.2) is 42.6 Å². The molecule has 0 amide bonds. The molecule has 1 aliphatic rings. The molecule has 1 saturated heterocycles. The van der Waals surface area contributed by atoms with Crippen molar-refractivity contribution >= 4 is 16.9 Å². The highest BCUT2D eigenvalue weighted by molar-refractivity contribution is 5.75. The van der Waals surface area contributed by atoms with E-state index >= 15 is 0 Å². The molecule has 1 aliphatic heterocycles. The minimum Gasteiger partial charge on any atom is -0.384 e. The SMILES string of the molecule is Cn1c(CN2CCC(Cc3ccc(N)nc3)C2)nc2ccccc21. The van der Waals surface area contributed by atoms with Gasteiger partial charge in [0, 0.05) is 19.8 Å². The van der Waals surface area contributed by atoms with Gasteiger partial charge in [0.2, 0.25) is 0 Å². The van der Waals surface area contributed by atoms with E-state index in [9.17, 15) is 0 Å². The fourth-order valence-corrected chi connectivity index (χ4v) is 3.65. The topological polar surface area (TPSA) is 60.0 Å². The molecule has 0 aliphatic carbocycles. The van der Waals surface area contributed by atoms with Gasteiger partial charge in [-0.3, -0.25) is 4.90 Å². The van der Waals surface area contributed by atoms with Gasteiger partial charge < -0.3 is 10.3 Å². The average Bonchev–Trinajstić information content (AvgIpc) is 3.15. The van der Waals surface area contributed by atoms with Gasteiger partial charge in [-0.15, -0.1) is 0 Å². The van der Waals surface area contributed by atoms with Gasteiger partial charge in [-0.05, 0) is 49.1 Å². The molecule has 2 aromatic heterocycles. The fraction of sp³-hybridized carbons (Fsp3) is 0.368. The van der Waals surface area contributed by atoms with Crippen LogP contribution in [-0.4, -0.2) is 32.5 Å². The first-order valence-corrected chi connectivity index (χ1v) is 8.52. The molecular weight excluding hydrogens is 298 g/mol. The molecule has 5 nitrogen and oxygen atoms in total. The second-order valence-electron chi connectivity index (χ2n) is 6.76. The van der Waals surface area contributed by atoms with Crippen molar-refractivity contribution in [3.63, 3.8) is 0 Å². The summed E-state index contributed by atoms with van der Waals surface area (Å²) < 4.78 is 2.21. The summed E-state index contributed by atoms with van der Waals surface area (Å²) in [6.45, 7) is 3.17. The highest BCUT2D eigenvalue weighted by Gasteiger charge is 2.24. The number of aromatic nitrogens is 3. The lowest BCUT2D eigenvalue weighted by Gasteiger charge is -2.16. The first-order valence-electron chi connectivity index (χ1n) is 8.52. The largest absolute Gasteiger partial charge is 0.384 e. The molecule has 0 saturated carbocycles. The van der Waals surface area contributed by atoms with E-state index in [1.807, 2.05) is 18.3 Å². The number of nitrogens with two attached hydrogens (primary N) is 1. The molecule has 5 heteroatoms. The third-order valence-electron chi connectivity index (χ3n) is 4.99. The maximum atomic E-state index is 5.66. The maximum absolute atomic E-state index is 5.66. The Hall–Kier alpha value is -2.40. The molecule has 24 heavy (non-hydrogen) atoms. The van der Waals surface area contributed by atoms with Crippen LogP contribution in [0.2, 0.25) is 0 Å². The van der Waals surface area contributed by atoms with E-state index in [4.69, 9.17) is 10.7 Å². The number of anilines is 1. The van der Waals surface area contributed by atoms with E-state index in [2.05, 4.69) is 45.8 Å². The number of hydrogen-bond acceptors (Lipinski definition) is 4. The van der Waals surface area contributed by atoms with Gasteiger partial charge in [-0.2, -0.15) is 0 Å². The lowest BCUT2D eigenvalue weighted by molar-refractivity contribution is 0.305. The number of likely N-dealkylation sites (tertiary alicyclic amines) is 1. The van der Waals surface area contributed by atoms with Gasteiger partial charge in [0.05, 0.1) is 17.6 Å². The van der Waals surface area contributed by atoms with Crippen molar-refractivity contribution in [2.24, 2.45) is 13.0 Å². The molecular formula is C19H23N5. The number of pyridine rings is 1. The summed E-state index contributed by atoms with van der Waals surface area (Å²) in [5.74, 6) is 2.42. The number of para-hydroxylation sites is 2. The van der Waals surface area contributed by atoms with Gasteiger partial charge in [-0.1, -0.05) is 18.2 Å². The third-order valence-corrected chi connectivity index (χ3v) is 4.99. The van der Waals surface area contributed by atoms with Gasteiger partial charge in [-0.25, -0.2) is 9.97 Å². The van der Waals surface area contributed by atoms with Crippen molar-refractivity contribution in [3.05, 3.63) is 54.0 Å². The molecule has 0 bridgehead atoms. The first kappa shape index (κ1) is 15.1. The van der Waals surface area contributed by atoms with Crippen molar-refractivity contribution in [1.29, 1.82) is 0 Å². The Bertz CT molecular complexity index is 837. The van der Waals surface area contributed by atoms with Crippen LogP contribution < -0.4 is 5.73 Å². The summed E-state index contributed by atoms with van der Waals surface area (Å²) in [6.07, 6.45) is 4.21. The van der Waals surface area contributed by atoms with Crippen molar-refractivity contribution < 1.29 is 0 Å². The van der Waals surface area contributed by atoms with Crippen molar-refractivity contribution in [1.82, 2.24) is 19.4 Å². The predicted molar refractivity (Wildman–Crippen MR) is 96.5 cm³/mol. The van der Waals surface area contributed by atoms with E-state index in [0.717, 1.165) is 37.4 Å². The van der Waals surface area contributed by atoms with E-state index in [0.29, 0.717) is 11.7 Å². The Morgan fingerprint density at radius 1 is 1.21 bits per heavy atom. The summed E-state index contributed by atoms with van der Waals surface area (Å²) in [5, 5.41) is 0. The van der Waals surface area contributed by atoms with Crippen LogP contribution in [0.3, 0.4) is 0 Å². The lowest BCUT2D eigenvalue weighted by Crippen LogP contribution is -2.22. The Balaban J connectivity index is 1.41. The maximum Gasteiger partial charge on any atom is 0.123 e. The quantitative estimate of drug-likeness (QED) is 0.802. The van der Waals surface area contributed by atoms with Crippen LogP contribution >= 0.6 is 0 Å². The zero-order chi connectivity index (χ0) is 16.5. The zero-order valence-electron chi connectivity index (χ0n) is 14.0. The average molecular weight is 321 g/mol. The number of benzene rings is 1. The van der Waals surface area contributed by atoms with Gasteiger partial charge in [0.1, 0.15) is 11.6 Å². The summed E-state index contributed by atoms with van der Waals surface area (Å²) in [5.41, 5.74) is 9.22. The van der Waals surface area contributed by atoms with Gasteiger partial charge in [0.15, 0.2) is 0 Å². The van der Waals surface area contributed by atoms with Crippen LogP contribution in [0.25, 0.3) is 11.0 Å². The van der Waals surface area contributed by atoms with E-state index in [-0.39, 0.29) is 0 Å². The third kappa shape index (κ3) is 2.99. The van der Waals surface area contributed by atoms with Crippen LogP contribution in [0, 0.1) is 5.92 Å². The summed E-state index contributed by atoms with van der Waals surface area (Å²) in [4.78, 5) is 11.5. The number of nitrogen functional groups attached to an aromatic ring is 1. The van der Waals surface area contributed by atoms with Crippen LogP contribution in [0.5, 0.6) is 0 Å². The molecule has 1 atom stereocenters. The molecule has 1 aromatic carbocycles. The first-order chi connectivity index (χ1) is 11.7. The molecule has 1 unspecified atom stereocenters. The number of aryl methyl sites for hydroxylation is 1. The van der Waals surface area contributed by atoms with E-state index < -0.39 is 0 Å². The summed E-state index contributed by atoms with van der Waals surface area (Å²) in [7, 11) is 2.11. The van der Waals surface area contributed by atoms with Gasteiger partial charge >= 0.3 is 0 Å². The molecule has 0 radical (unpaired) electrons. The second-order valence-corrected chi connectivity index (χ2v) is 6.76. The Morgan fingerprint density at radius 2 is 2.08 bits per heavy atom. The number of hydrogen-bond donors (Lipinski definition) is 1. The van der Waals surface area contributed by atoms with Crippen molar-refractivity contribution in [2.75, 3.05) is 18.8 Å². The molecule has 3 aromatic rings. The van der Waals surface area contributed by atoms with Crippen LogP contribution in [-0.2, 0) is 20.0 Å². The zero-order valence-corrected chi connectivity index (χ0v) is 14.0. The number of fused-ring (bicyclic) bond motifs is 1. The van der Waals surface area contributed by atoms with Gasteiger partial charge in [0.25, 0.3) is 0 Å². The molecule has 4 rings (SSSR count). The summed E-state index contributed by atoms with van der Waals surface area (Å²) >= 11 is 0. The minimum absolute atomic E-state index is 0.591. The number of imidazole rings is 1. The molecule has 124 valence electrons. The standard InChI is InChI=1S/C19H23N5/c1-23-17-5-3-2-4-16(17)22-19(23)13-24-9-8-15(12-24)10-14-6-7-18(20)21-11-14/h2-7,11,15H,8-10,12-13H2,1H3,(H2,20,21). The van der Waals surface area contributed by atoms with Crippen LogP contribution in [0.1, 0.15) is 17.8 Å². The van der Waals surface area contributed by atoms with E-state index in [1.165, 1.54) is 17.5 Å². The molecule has 3 heterocycles. The number of nitrogens with zero attached hydrogens (tertiary/aromatic N) is 4. The molecule has 0 spiro atoms. The second kappa shape index (κ2) is 6.24. The normalized spacial score (nSPS) is 18.5. The smallest absolute Gasteiger partial charge is 0.123 e. The highest BCUT2D eigenvalue weighted by atomic mass is 15.2. The Labute approximate surface area is 142 Å². The van der Waals surface area contributed by atoms with Crippen molar-refractivity contribution in [2.45, 2.75) is 19.4 Å². The number of rotatable bonds is 4. The molecule has 2 N–H and O–H groups in total. The Morgan fingerprint density at radius 3 is 2.88 bits per heavy atom. The summed E-state index contributed by atoms with van der Waals surface area (Å²) in [6, 6.07) is 12.3. The highest BCUT2D eigenvalue weighted by Crippen LogP contribution is 2.23. The Kier molecular flexibility index (Phi) is 3.94. The minimum atomic E-state index is 0.591. The lowest BCUT2D eigenvalue weighted by atomic mass is 10.00. The fourth-order valence-electron chi connectivity index (χ4n) is 3.65. The van der Waals surface area contributed by atoms with Crippen molar-refractivity contribution in [3.8, 4) is 0 Å².